The Kier molecular flexibility index (Phi) is 4.73. The maximum atomic E-state index is 11.2. The van der Waals surface area contributed by atoms with Crippen LogP contribution in [0, 0.1) is 0 Å². The summed E-state index contributed by atoms with van der Waals surface area (Å²) in [5.74, 6) is -1.00. The Morgan fingerprint density at radius 1 is 1.65 bits per heavy atom. The lowest BCUT2D eigenvalue weighted by Crippen LogP contribution is -2.53. The van der Waals surface area contributed by atoms with Gasteiger partial charge in [0.05, 0.1) is 13.7 Å². The van der Waals surface area contributed by atoms with E-state index in [0.717, 1.165) is 7.11 Å². The third-order valence-electron chi connectivity index (χ3n) is 2.32. The highest BCUT2D eigenvalue weighted by molar-refractivity contribution is 6.35. The average molecular weight is 246 g/mol. The lowest BCUT2D eigenvalue weighted by atomic mass is 10.0. The third-order valence-corrected chi connectivity index (χ3v) is 2.32. The van der Waals surface area contributed by atoms with Gasteiger partial charge in [0.2, 0.25) is 0 Å². The highest BCUT2D eigenvalue weighted by atomic mass is 16.7. The van der Waals surface area contributed by atoms with Crippen LogP contribution >= 0.6 is 0 Å². The molecular formula is C9H14N2O6. The number of carbonyl (C=O) groups is 1. The van der Waals surface area contributed by atoms with Crippen LogP contribution in [0.2, 0.25) is 0 Å². The van der Waals surface area contributed by atoms with Crippen molar-refractivity contribution in [3.05, 3.63) is 5.53 Å². The number of rotatable bonds is 3. The van der Waals surface area contributed by atoms with Crippen LogP contribution in [0.1, 0.15) is 6.92 Å². The fourth-order valence-electron chi connectivity index (χ4n) is 1.45. The lowest BCUT2D eigenvalue weighted by Gasteiger charge is -2.33. The van der Waals surface area contributed by atoms with Crippen LogP contribution in [0.5, 0.6) is 0 Å². The van der Waals surface area contributed by atoms with Gasteiger partial charge in [0.25, 0.3) is 0 Å². The minimum atomic E-state index is -1.60. The number of hydrogen-bond acceptors (Lipinski definition) is 6. The standard InChI is InChI=1S/C9H14N2O6/c1-4-16-3-5(12)8(17-4)7(13)6(11-10)9(14)15-2/h4-5,7-8,12-13H,3H2,1-2H3/t4-,5-,7?,8-/m1/s1. The van der Waals surface area contributed by atoms with E-state index in [-0.39, 0.29) is 6.61 Å². The van der Waals surface area contributed by atoms with Crippen molar-refractivity contribution >= 4 is 11.7 Å². The van der Waals surface area contributed by atoms with E-state index in [9.17, 15) is 15.0 Å². The molecule has 0 bridgehead atoms. The summed E-state index contributed by atoms with van der Waals surface area (Å²) in [7, 11) is 1.07. The number of carbonyl (C=O) groups excluding carboxylic acids is 1. The second kappa shape index (κ2) is 5.85. The van der Waals surface area contributed by atoms with Crippen molar-refractivity contribution < 1.29 is 34.0 Å². The zero-order chi connectivity index (χ0) is 13.0. The Morgan fingerprint density at radius 3 is 2.82 bits per heavy atom. The molecule has 1 unspecified atom stereocenters. The number of nitrogens with zero attached hydrogens (tertiary/aromatic N) is 2. The third kappa shape index (κ3) is 3.09. The van der Waals surface area contributed by atoms with Crippen molar-refractivity contribution in [3.8, 4) is 0 Å². The molecule has 0 amide bonds. The van der Waals surface area contributed by atoms with Crippen LogP contribution < -0.4 is 0 Å². The topological polar surface area (TPSA) is 122 Å². The summed E-state index contributed by atoms with van der Waals surface area (Å²) >= 11 is 0. The van der Waals surface area contributed by atoms with Crippen LogP contribution in [-0.4, -0.2) is 65.0 Å². The number of hydrogen-bond donors (Lipinski definition) is 2. The molecule has 1 rings (SSSR count). The van der Waals surface area contributed by atoms with E-state index >= 15 is 0 Å². The van der Waals surface area contributed by atoms with E-state index in [1.165, 1.54) is 0 Å². The molecule has 0 saturated carbocycles. The first-order chi connectivity index (χ1) is 8.01. The molecule has 1 heterocycles. The Bertz CT molecular complexity index is 340. The van der Waals surface area contributed by atoms with Crippen LogP contribution in [0.4, 0.5) is 0 Å². The molecule has 0 aromatic rings. The van der Waals surface area contributed by atoms with Gasteiger partial charge in [-0.1, -0.05) is 0 Å². The van der Waals surface area contributed by atoms with Crippen molar-refractivity contribution in [2.75, 3.05) is 13.7 Å². The molecule has 1 aliphatic heterocycles. The average Bonchev–Trinajstić information content (AvgIpc) is 2.32. The Morgan fingerprint density at radius 2 is 2.29 bits per heavy atom. The second-order valence-corrected chi connectivity index (χ2v) is 3.49. The van der Waals surface area contributed by atoms with Crippen LogP contribution in [0.15, 0.2) is 0 Å². The molecular weight excluding hydrogens is 232 g/mol. The minimum absolute atomic E-state index is 0.0528. The van der Waals surface area contributed by atoms with Gasteiger partial charge in [0.15, 0.2) is 12.4 Å². The van der Waals surface area contributed by atoms with E-state index < -0.39 is 36.3 Å². The summed E-state index contributed by atoms with van der Waals surface area (Å²) in [6.45, 7) is 1.52. The molecule has 17 heavy (non-hydrogen) atoms. The van der Waals surface area contributed by atoms with Crippen molar-refractivity contribution in [2.24, 2.45) is 0 Å². The smallest absolute Gasteiger partial charge is 0.419 e. The van der Waals surface area contributed by atoms with Gasteiger partial charge in [-0.05, 0) is 6.92 Å². The molecule has 8 nitrogen and oxygen atoms in total. The van der Waals surface area contributed by atoms with Gasteiger partial charge >= 0.3 is 11.7 Å². The predicted molar refractivity (Wildman–Crippen MR) is 52.9 cm³/mol. The molecule has 4 atom stereocenters. The van der Waals surface area contributed by atoms with Crippen molar-refractivity contribution in [3.63, 3.8) is 0 Å². The first-order valence-electron chi connectivity index (χ1n) is 4.94. The minimum Gasteiger partial charge on any atom is -0.460 e. The zero-order valence-electron chi connectivity index (χ0n) is 9.44. The highest BCUT2D eigenvalue weighted by Gasteiger charge is 2.43. The molecule has 1 aliphatic rings. The summed E-state index contributed by atoms with van der Waals surface area (Å²) < 4.78 is 14.4. The number of aliphatic hydroxyl groups excluding tert-OH is 2. The molecule has 96 valence electrons. The van der Waals surface area contributed by atoms with Crippen LogP contribution in [0.3, 0.4) is 0 Å². The molecule has 0 spiro atoms. The van der Waals surface area contributed by atoms with E-state index in [1.807, 2.05) is 0 Å². The van der Waals surface area contributed by atoms with Crippen molar-refractivity contribution in [1.82, 2.24) is 0 Å². The van der Waals surface area contributed by atoms with Crippen molar-refractivity contribution in [1.29, 1.82) is 0 Å². The summed E-state index contributed by atoms with van der Waals surface area (Å²) in [6.07, 6.45) is -4.50. The van der Waals surface area contributed by atoms with Gasteiger partial charge in [0.1, 0.15) is 12.2 Å². The largest absolute Gasteiger partial charge is 0.460 e. The number of methoxy groups -OCH3 is 1. The van der Waals surface area contributed by atoms with Gasteiger partial charge in [-0.25, -0.2) is 4.79 Å². The highest BCUT2D eigenvalue weighted by Crippen LogP contribution is 2.16. The summed E-state index contributed by atoms with van der Waals surface area (Å²) in [6, 6.07) is 0. The first-order valence-corrected chi connectivity index (χ1v) is 4.94. The van der Waals surface area contributed by atoms with Crippen LogP contribution in [-0.2, 0) is 19.0 Å². The lowest BCUT2D eigenvalue weighted by molar-refractivity contribution is -0.259. The molecule has 1 fully saturated rings. The quantitative estimate of drug-likeness (QED) is 0.265. The Hall–Kier alpha value is -1.31. The normalized spacial score (nSPS) is 30.2. The molecule has 0 radical (unpaired) electrons. The van der Waals surface area contributed by atoms with E-state index in [4.69, 9.17) is 15.0 Å². The molecule has 0 aromatic heterocycles. The summed E-state index contributed by atoms with van der Waals surface area (Å²) in [5, 5.41) is 19.3. The number of esters is 1. The molecule has 0 aromatic carbocycles. The molecule has 2 N–H and O–H groups in total. The van der Waals surface area contributed by atoms with Gasteiger partial charge in [-0.3, -0.25) is 0 Å². The maximum absolute atomic E-state index is 11.2. The van der Waals surface area contributed by atoms with Gasteiger partial charge < -0.3 is 30.0 Å². The molecule has 1 saturated heterocycles. The van der Waals surface area contributed by atoms with Gasteiger partial charge in [0, 0.05) is 0 Å². The number of aliphatic hydroxyl groups is 2. The summed E-state index contributed by atoms with van der Waals surface area (Å²) in [5.41, 5.74) is 8.01. The zero-order valence-corrected chi connectivity index (χ0v) is 9.44. The first kappa shape index (κ1) is 13.8. The SMILES string of the molecule is COC(=O)C(=[N+]=[N-])C(O)[C@@H]1O[C@H](C)OC[C@H]1O. The van der Waals surface area contributed by atoms with Gasteiger partial charge in [-0.15, -0.1) is 0 Å². The fraction of sp³-hybridized carbons (Fsp3) is 0.778. The Balaban J connectivity index is 2.83. The second-order valence-electron chi connectivity index (χ2n) is 3.49. The van der Waals surface area contributed by atoms with Crippen LogP contribution in [0.25, 0.3) is 5.53 Å². The predicted octanol–water partition coefficient (Wildman–Crippen LogP) is -1.69. The van der Waals surface area contributed by atoms with E-state index in [0.29, 0.717) is 0 Å². The molecule has 8 heteroatoms. The van der Waals surface area contributed by atoms with E-state index in [1.54, 1.807) is 6.92 Å². The van der Waals surface area contributed by atoms with Gasteiger partial charge in [-0.2, -0.15) is 4.79 Å². The fourth-order valence-corrected chi connectivity index (χ4v) is 1.45. The van der Waals surface area contributed by atoms with Crippen molar-refractivity contribution in [2.45, 2.75) is 31.5 Å². The maximum Gasteiger partial charge on any atom is 0.419 e. The number of ether oxygens (including phenoxy) is 3. The van der Waals surface area contributed by atoms with E-state index in [2.05, 4.69) is 9.53 Å². The Labute approximate surface area is 97.3 Å². The summed E-state index contributed by atoms with van der Waals surface area (Å²) in [4.78, 5) is 13.8. The monoisotopic (exact) mass is 246 g/mol. The molecule has 0 aliphatic carbocycles.